The second kappa shape index (κ2) is 9.36. The third kappa shape index (κ3) is 5.12. The highest BCUT2D eigenvalue weighted by atomic mass is 35.5. The summed E-state index contributed by atoms with van der Waals surface area (Å²) >= 11 is 5.84. The van der Waals surface area contributed by atoms with Crippen LogP contribution < -0.4 is 15.4 Å². The van der Waals surface area contributed by atoms with Crippen molar-refractivity contribution >= 4 is 51.6 Å². The molecule has 2 aromatic carbocycles. The number of nitrogens with zero attached hydrogens (tertiary/aromatic N) is 2. The number of carbonyl (C=O) groups is 2. The Morgan fingerprint density at radius 2 is 2.00 bits per heavy atom. The summed E-state index contributed by atoms with van der Waals surface area (Å²) in [5.74, 6) is -0.806. The highest BCUT2D eigenvalue weighted by molar-refractivity contribution is 6.31. The Morgan fingerprint density at radius 1 is 1.20 bits per heavy atom. The van der Waals surface area contributed by atoms with Crippen molar-refractivity contribution in [2.24, 2.45) is 0 Å². The summed E-state index contributed by atoms with van der Waals surface area (Å²) in [5, 5.41) is 6.26. The molecule has 0 saturated carbocycles. The summed E-state index contributed by atoms with van der Waals surface area (Å²) in [5.41, 5.74) is 1.44. The van der Waals surface area contributed by atoms with Crippen LogP contribution in [0.1, 0.15) is 13.8 Å². The van der Waals surface area contributed by atoms with Crippen LogP contribution in [0.25, 0.3) is 10.9 Å². The number of benzene rings is 2. The first-order valence-electron chi connectivity index (χ1n) is 8.94. The molecule has 0 bridgehead atoms. The molecule has 1 aromatic heterocycles. The maximum Gasteiger partial charge on any atom is 0.303 e. The quantitative estimate of drug-likeness (QED) is 0.542. The lowest BCUT2D eigenvalue weighted by Crippen LogP contribution is -2.20. The first kappa shape index (κ1) is 21.3. The summed E-state index contributed by atoms with van der Waals surface area (Å²) < 4.78 is 23.7. The van der Waals surface area contributed by atoms with E-state index in [2.05, 4.69) is 20.6 Å². The Morgan fingerprint density at radius 3 is 2.70 bits per heavy atom. The first-order chi connectivity index (χ1) is 14.4. The molecule has 10 heteroatoms. The number of nitrogens with one attached hydrogen (secondary N) is 2. The van der Waals surface area contributed by atoms with E-state index in [1.807, 2.05) is 0 Å². The number of anilines is 3. The molecule has 30 heavy (non-hydrogen) atoms. The minimum atomic E-state index is -0.563. The van der Waals surface area contributed by atoms with E-state index in [9.17, 15) is 14.0 Å². The second-order valence-electron chi connectivity index (χ2n) is 6.10. The van der Waals surface area contributed by atoms with Crippen LogP contribution >= 0.6 is 11.6 Å². The van der Waals surface area contributed by atoms with E-state index in [-0.39, 0.29) is 5.02 Å². The lowest BCUT2D eigenvalue weighted by Gasteiger charge is -2.15. The molecule has 0 spiro atoms. The van der Waals surface area contributed by atoms with Gasteiger partial charge in [-0.2, -0.15) is 0 Å². The number of hydrogen-bond donors (Lipinski definition) is 2. The Bertz CT molecular complexity index is 1110. The summed E-state index contributed by atoms with van der Waals surface area (Å²) in [6, 6.07) is 7.48. The summed E-state index contributed by atoms with van der Waals surface area (Å²) in [4.78, 5) is 31.5. The molecule has 0 unspecified atom stereocenters. The van der Waals surface area contributed by atoms with Crippen molar-refractivity contribution in [2.45, 2.75) is 13.8 Å². The number of halogens is 2. The Labute approximate surface area is 176 Å². The lowest BCUT2D eigenvalue weighted by atomic mass is 10.1. The average Bonchev–Trinajstić information content (AvgIpc) is 2.70. The van der Waals surface area contributed by atoms with Gasteiger partial charge in [0, 0.05) is 24.1 Å². The third-order valence-corrected chi connectivity index (χ3v) is 4.19. The van der Waals surface area contributed by atoms with Gasteiger partial charge in [-0.1, -0.05) is 11.6 Å². The largest absolute Gasteiger partial charge is 0.492 e. The van der Waals surface area contributed by atoms with Crippen LogP contribution in [0.4, 0.5) is 21.6 Å². The molecule has 2 N–H and O–H groups in total. The number of carbonyl (C=O) groups excluding carboxylic acids is 2. The van der Waals surface area contributed by atoms with E-state index < -0.39 is 24.3 Å². The highest BCUT2D eigenvalue weighted by Crippen LogP contribution is 2.33. The fraction of sp³-hybridized carbons (Fsp3) is 0.200. The fourth-order valence-electron chi connectivity index (χ4n) is 2.62. The molecule has 3 aromatic rings. The number of aromatic nitrogens is 2. The van der Waals surface area contributed by atoms with Crippen molar-refractivity contribution in [3.63, 3.8) is 0 Å². The Kier molecular flexibility index (Phi) is 6.63. The van der Waals surface area contributed by atoms with E-state index in [0.29, 0.717) is 40.5 Å². The predicted octanol–water partition coefficient (Wildman–Crippen LogP) is 4.07. The number of hydrogen-bond acceptors (Lipinski definition) is 7. The molecule has 8 nitrogen and oxygen atoms in total. The maximum atomic E-state index is 13.4. The van der Waals surface area contributed by atoms with E-state index in [0.717, 1.165) is 0 Å². The molecule has 156 valence electrons. The van der Waals surface area contributed by atoms with Gasteiger partial charge < -0.3 is 20.1 Å². The van der Waals surface area contributed by atoms with E-state index in [1.165, 1.54) is 31.5 Å². The van der Waals surface area contributed by atoms with Gasteiger partial charge in [-0.15, -0.1) is 0 Å². The van der Waals surface area contributed by atoms with Gasteiger partial charge >= 0.3 is 5.97 Å². The van der Waals surface area contributed by atoms with Crippen LogP contribution in [0.3, 0.4) is 0 Å². The molecule has 1 heterocycles. The molecule has 0 atom stereocenters. The Balaban J connectivity index is 1.97. The highest BCUT2D eigenvalue weighted by Gasteiger charge is 2.14. The molecular weight excluding hydrogens is 415 g/mol. The number of esters is 1. The molecule has 0 radical (unpaired) electrons. The average molecular weight is 433 g/mol. The van der Waals surface area contributed by atoms with Crippen LogP contribution in [0.15, 0.2) is 36.7 Å². The summed E-state index contributed by atoms with van der Waals surface area (Å²) in [6.07, 6.45) is 1.37. The van der Waals surface area contributed by atoms with Gasteiger partial charge in [0.05, 0.1) is 22.8 Å². The Hall–Kier alpha value is -3.46. The standard InChI is InChI=1S/C20H18ClFN4O4/c1-3-29-18-8-16-13(7-17(18)26-19(28)9-30-11(2)27)20(24-10-23-16)25-12-4-5-15(22)14(21)6-12/h4-8,10H,3,9H2,1-2H3,(H,26,28)(H,23,24,25). The van der Waals surface area contributed by atoms with Crippen LogP contribution in [0.2, 0.25) is 5.02 Å². The van der Waals surface area contributed by atoms with Gasteiger partial charge in [0.1, 0.15) is 23.7 Å². The van der Waals surface area contributed by atoms with Crippen molar-refractivity contribution in [1.29, 1.82) is 0 Å². The molecule has 0 aliphatic rings. The summed E-state index contributed by atoms with van der Waals surface area (Å²) in [6.45, 7) is 2.96. The van der Waals surface area contributed by atoms with Crippen molar-refractivity contribution in [3.8, 4) is 5.75 Å². The third-order valence-electron chi connectivity index (χ3n) is 3.90. The van der Waals surface area contributed by atoms with E-state index in [4.69, 9.17) is 21.1 Å². The molecule has 0 aliphatic carbocycles. The summed E-state index contributed by atoms with van der Waals surface area (Å²) in [7, 11) is 0. The zero-order chi connectivity index (χ0) is 21.7. The lowest BCUT2D eigenvalue weighted by molar-refractivity contribution is -0.144. The van der Waals surface area contributed by atoms with Crippen molar-refractivity contribution < 1.29 is 23.5 Å². The number of fused-ring (bicyclic) bond motifs is 1. The molecule has 0 saturated heterocycles. The van der Waals surface area contributed by atoms with Crippen LogP contribution in [-0.4, -0.2) is 35.1 Å². The van der Waals surface area contributed by atoms with Gasteiger partial charge in [0.2, 0.25) is 0 Å². The van der Waals surface area contributed by atoms with Crippen molar-refractivity contribution in [2.75, 3.05) is 23.8 Å². The van der Waals surface area contributed by atoms with Crippen LogP contribution in [-0.2, 0) is 14.3 Å². The van der Waals surface area contributed by atoms with Gasteiger partial charge in [-0.25, -0.2) is 14.4 Å². The van der Waals surface area contributed by atoms with E-state index in [1.54, 1.807) is 19.1 Å². The van der Waals surface area contributed by atoms with Gasteiger partial charge in [-0.05, 0) is 31.2 Å². The first-order valence-corrected chi connectivity index (χ1v) is 9.32. The monoisotopic (exact) mass is 432 g/mol. The minimum Gasteiger partial charge on any atom is -0.492 e. The zero-order valence-corrected chi connectivity index (χ0v) is 16.9. The van der Waals surface area contributed by atoms with Crippen LogP contribution in [0, 0.1) is 5.82 Å². The van der Waals surface area contributed by atoms with Crippen molar-refractivity contribution in [3.05, 3.63) is 47.5 Å². The molecular formula is C20H18ClFN4O4. The minimum absolute atomic E-state index is 0.0320. The number of amides is 1. The molecule has 1 amide bonds. The van der Waals surface area contributed by atoms with Crippen LogP contribution in [0.5, 0.6) is 5.75 Å². The van der Waals surface area contributed by atoms with Crippen molar-refractivity contribution in [1.82, 2.24) is 9.97 Å². The SMILES string of the molecule is CCOc1cc2ncnc(Nc3ccc(F)c(Cl)c3)c2cc1NC(=O)COC(C)=O. The smallest absolute Gasteiger partial charge is 0.303 e. The zero-order valence-electron chi connectivity index (χ0n) is 16.2. The van der Waals surface area contributed by atoms with Gasteiger partial charge in [-0.3, -0.25) is 9.59 Å². The maximum absolute atomic E-state index is 13.4. The second-order valence-corrected chi connectivity index (χ2v) is 6.51. The van der Waals surface area contributed by atoms with Gasteiger partial charge in [0.15, 0.2) is 6.61 Å². The van der Waals surface area contributed by atoms with E-state index >= 15 is 0 Å². The topological polar surface area (TPSA) is 102 Å². The van der Waals surface area contributed by atoms with Gasteiger partial charge in [0.25, 0.3) is 5.91 Å². The fourth-order valence-corrected chi connectivity index (χ4v) is 2.80. The normalized spacial score (nSPS) is 10.5. The number of ether oxygens (including phenoxy) is 2. The molecule has 0 aliphatic heterocycles. The molecule has 3 rings (SSSR count). The number of rotatable bonds is 7. The molecule has 0 fully saturated rings. The predicted molar refractivity (Wildman–Crippen MR) is 111 cm³/mol.